The Bertz CT molecular complexity index is 923. The SMILES string of the molecule is CS(=O)(=O)N(CC(=O)Nc1cc(Cl)ccc1Cl)c1ccc(F)cc1F. The van der Waals surface area contributed by atoms with Gasteiger partial charge in [0.15, 0.2) is 0 Å². The number of halogens is 4. The summed E-state index contributed by atoms with van der Waals surface area (Å²) in [7, 11) is -4.01. The fraction of sp³-hybridized carbons (Fsp3) is 0.133. The van der Waals surface area contributed by atoms with Crippen molar-refractivity contribution >= 4 is 50.5 Å². The standard InChI is InChI=1S/C15H12Cl2F2N2O3S/c1-25(23,24)21(14-5-3-10(18)7-12(14)19)8-15(22)20-13-6-9(16)2-4-11(13)17/h2-7H,8H2,1H3,(H,20,22). The summed E-state index contributed by atoms with van der Waals surface area (Å²) in [5.41, 5.74) is -0.275. The largest absolute Gasteiger partial charge is 0.323 e. The molecule has 0 bridgehead atoms. The van der Waals surface area contributed by atoms with Gasteiger partial charge in [0, 0.05) is 11.1 Å². The van der Waals surface area contributed by atoms with E-state index in [0.717, 1.165) is 18.4 Å². The lowest BCUT2D eigenvalue weighted by Crippen LogP contribution is -2.38. The third kappa shape index (κ3) is 5.04. The highest BCUT2D eigenvalue weighted by atomic mass is 35.5. The summed E-state index contributed by atoms with van der Waals surface area (Å²) in [6, 6.07) is 6.70. The fourth-order valence-corrected chi connectivity index (χ4v) is 3.17. The molecule has 0 saturated carbocycles. The first-order valence-electron chi connectivity index (χ1n) is 6.75. The van der Waals surface area contributed by atoms with Gasteiger partial charge < -0.3 is 5.32 Å². The van der Waals surface area contributed by atoms with E-state index in [1.54, 1.807) is 0 Å². The minimum absolute atomic E-state index is 0.173. The van der Waals surface area contributed by atoms with E-state index >= 15 is 0 Å². The molecule has 10 heteroatoms. The Balaban J connectivity index is 2.28. The molecule has 0 aromatic heterocycles. The number of hydrogen-bond donors (Lipinski definition) is 1. The predicted molar refractivity (Wildman–Crippen MR) is 93.6 cm³/mol. The first-order chi connectivity index (χ1) is 11.6. The van der Waals surface area contributed by atoms with Crippen LogP contribution < -0.4 is 9.62 Å². The molecule has 2 aromatic rings. The summed E-state index contributed by atoms with van der Waals surface area (Å²) in [6.45, 7) is -0.732. The summed E-state index contributed by atoms with van der Waals surface area (Å²) < 4.78 is 51.3. The number of carbonyl (C=O) groups excluding carboxylic acids is 1. The van der Waals surface area contributed by atoms with E-state index in [4.69, 9.17) is 23.2 Å². The van der Waals surface area contributed by atoms with E-state index in [0.29, 0.717) is 15.4 Å². The number of sulfonamides is 1. The van der Waals surface area contributed by atoms with Crippen molar-refractivity contribution in [1.82, 2.24) is 0 Å². The normalized spacial score (nSPS) is 11.2. The number of nitrogens with zero attached hydrogens (tertiary/aromatic N) is 1. The van der Waals surface area contributed by atoms with E-state index in [9.17, 15) is 22.0 Å². The second kappa shape index (κ2) is 7.55. The molecule has 0 unspecified atom stereocenters. The van der Waals surface area contributed by atoms with Crippen molar-refractivity contribution in [3.8, 4) is 0 Å². The maximum Gasteiger partial charge on any atom is 0.245 e. The molecule has 1 amide bonds. The van der Waals surface area contributed by atoms with E-state index < -0.39 is 39.8 Å². The highest BCUT2D eigenvalue weighted by Gasteiger charge is 2.24. The summed E-state index contributed by atoms with van der Waals surface area (Å²) >= 11 is 11.7. The molecule has 0 aliphatic rings. The maximum atomic E-state index is 13.9. The molecule has 25 heavy (non-hydrogen) atoms. The first-order valence-corrected chi connectivity index (χ1v) is 9.36. The van der Waals surface area contributed by atoms with Gasteiger partial charge in [0.25, 0.3) is 0 Å². The molecule has 1 N–H and O–H groups in total. The van der Waals surface area contributed by atoms with Gasteiger partial charge in [0.2, 0.25) is 15.9 Å². The Morgan fingerprint density at radius 3 is 2.44 bits per heavy atom. The Labute approximate surface area is 153 Å². The number of carbonyl (C=O) groups is 1. The van der Waals surface area contributed by atoms with Gasteiger partial charge in [-0.1, -0.05) is 23.2 Å². The molecule has 0 radical (unpaired) electrons. The summed E-state index contributed by atoms with van der Waals surface area (Å²) in [4.78, 5) is 12.2. The van der Waals surface area contributed by atoms with Crippen molar-refractivity contribution in [2.24, 2.45) is 0 Å². The van der Waals surface area contributed by atoms with Crippen molar-refractivity contribution in [3.63, 3.8) is 0 Å². The Morgan fingerprint density at radius 1 is 1.16 bits per heavy atom. The van der Waals surface area contributed by atoms with Gasteiger partial charge >= 0.3 is 0 Å². The van der Waals surface area contributed by atoms with Crippen LogP contribution in [-0.2, 0) is 14.8 Å². The Morgan fingerprint density at radius 2 is 1.84 bits per heavy atom. The Kier molecular flexibility index (Phi) is 5.87. The molecule has 0 aliphatic carbocycles. The lowest BCUT2D eigenvalue weighted by atomic mass is 10.3. The number of rotatable bonds is 5. The number of amides is 1. The van der Waals surface area contributed by atoms with Crippen LogP contribution in [0.1, 0.15) is 0 Å². The van der Waals surface area contributed by atoms with Gasteiger partial charge in [-0.3, -0.25) is 9.10 Å². The van der Waals surface area contributed by atoms with Gasteiger partial charge in [-0.25, -0.2) is 17.2 Å². The van der Waals surface area contributed by atoms with Gasteiger partial charge in [-0.15, -0.1) is 0 Å². The fourth-order valence-electron chi connectivity index (χ4n) is 1.98. The lowest BCUT2D eigenvalue weighted by Gasteiger charge is -2.22. The topological polar surface area (TPSA) is 66.5 Å². The second-order valence-electron chi connectivity index (χ2n) is 5.04. The molecular formula is C15H12Cl2F2N2O3S. The first kappa shape index (κ1) is 19.4. The van der Waals surface area contributed by atoms with Crippen LogP contribution in [0.3, 0.4) is 0 Å². The smallest absolute Gasteiger partial charge is 0.245 e. The molecule has 0 aliphatic heterocycles. The molecule has 2 aromatic carbocycles. The predicted octanol–water partition coefficient (Wildman–Crippen LogP) is 3.68. The molecular weight excluding hydrogens is 397 g/mol. The average molecular weight is 409 g/mol. The average Bonchev–Trinajstić information content (AvgIpc) is 2.48. The van der Waals surface area contributed by atoms with Crippen molar-refractivity contribution < 1.29 is 22.0 Å². The van der Waals surface area contributed by atoms with E-state index in [-0.39, 0.29) is 10.7 Å². The van der Waals surface area contributed by atoms with E-state index in [1.165, 1.54) is 18.2 Å². The molecule has 5 nitrogen and oxygen atoms in total. The maximum absolute atomic E-state index is 13.9. The number of anilines is 2. The zero-order chi connectivity index (χ0) is 18.8. The van der Waals surface area contributed by atoms with Crippen LogP contribution >= 0.6 is 23.2 Å². The molecule has 2 rings (SSSR count). The van der Waals surface area contributed by atoms with Crippen molar-refractivity contribution in [3.05, 3.63) is 58.1 Å². The highest BCUT2D eigenvalue weighted by Crippen LogP contribution is 2.26. The molecule has 0 saturated heterocycles. The van der Waals surface area contributed by atoms with Crippen LogP contribution in [-0.4, -0.2) is 27.1 Å². The van der Waals surface area contributed by atoms with Crippen LogP contribution in [0.2, 0.25) is 10.0 Å². The van der Waals surface area contributed by atoms with Crippen LogP contribution in [0.15, 0.2) is 36.4 Å². The summed E-state index contributed by atoms with van der Waals surface area (Å²) in [5, 5.41) is 2.90. The van der Waals surface area contributed by atoms with Crippen molar-refractivity contribution in [2.45, 2.75) is 0 Å². The molecule has 134 valence electrons. The van der Waals surface area contributed by atoms with Crippen molar-refractivity contribution in [1.29, 1.82) is 0 Å². The second-order valence-corrected chi connectivity index (χ2v) is 7.79. The minimum Gasteiger partial charge on any atom is -0.323 e. The van der Waals surface area contributed by atoms with Crippen LogP contribution in [0.5, 0.6) is 0 Å². The third-order valence-electron chi connectivity index (χ3n) is 3.07. The van der Waals surface area contributed by atoms with Crippen LogP contribution in [0.25, 0.3) is 0 Å². The van der Waals surface area contributed by atoms with Crippen LogP contribution in [0.4, 0.5) is 20.2 Å². The van der Waals surface area contributed by atoms with Gasteiger partial charge in [0.05, 0.1) is 22.7 Å². The zero-order valence-electron chi connectivity index (χ0n) is 12.8. The van der Waals surface area contributed by atoms with E-state index in [1.807, 2.05) is 0 Å². The number of hydrogen-bond acceptors (Lipinski definition) is 3. The molecule has 0 atom stereocenters. The summed E-state index contributed by atoms with van der Waals surface area (Å²) in [5.74, 6) is -2.76. The van der Waals surface area contributed by atoms with Crippen LogP contribution in [0, 0.1) is 11.6 Å². The quantitative estimate of drug-likeness (QED) is 0.820. The summed E-state index contributed by atoms with van der Waals surface area (Å²) in [6.07, 6.45) is 0.801. The van der Waals surface area contributed by atoms with Gasteiger partial charge in [-0.2, -0.15) is 0 Å². The zero-order valence-corrected chi connectivity index (χ0v) is 15.1. The molecule has 0 heterocycles. The lowest BCUT2D eigenvalue weighted by molar-refractivity contribution is -0.114. The molecule has 0 fully saturated rings. The van der Waals surface area contributed by atoms with Gasteiger partial charge in [-0.05, 0) is 30.3 Å². The van der Waals surface area contributed by atoms with E-state index in [2.05, 4.69) is 5.32 Å². The molecule has 0 spiro atoms. The van der Waals surface area contributed by atoms with Gasteiger partial charge in [0.1, 0.15) is 18.2 Å². The number of nitrogens with one attached hydrogen (secondary N) is 1. The number of benzene rings is 2. The minimum atomic E-state index is -4.01. The monoisotopic (exact) mass is 408 g/mol. The third-order valence-corrected chi connectivity index (χ3v) is 4.76. The Hall–Kier alpha value is -1.90. The highest BCUT2D eigenvalue weighted by molar-refractivity contribution is 7.92. The van der Waals surface area contributed by atoms with Crippen molar-refractivity contribution in [2.75, 3.05) is 22.4 Å².